The maximum absolute atomic E-state index is 12.8. The topological polar surface area (TPSA) is 60.4 Å². The van der Waals surface area contributed by atoms with Crippen LogP contribution in [0.4, 0.5) is 0 Å². The lowest BCUT2D eigenvalue weighted by Gasteiger charge is -2.55. The van der Waals surface area contributed by atoms with E-state index >= 15 is 0 Å². The number of rotatable bonds is 5. The number of morpholine rings is 1. The first-order chi connectivity index (χ1) is 12.0. The summed E-state index contributed by atoms with van der Waals surface area (Å²) in [4.78, 5) is 7.57. The predicted molar refractivity (Wildman–Crippen MR) is 97.2 cm³/mol. The van der Waals surface area contributed by atoms with Crippen molar-refractivity contribution in [1.82, 2.24) is 4.90 Å². The van der Waals surface area contributed by atoms with Gasteiger partial charge in [0.15, 0.2) is 0 Å². The molecule has 5 rings (SSSR count). The molecule has 5 fully saturated rings. The van der Waals surface area contributed by atoms with Crippen molar-refractivity contribution in [3.8, 4) is 0 Å². The van der Waals surface area contributed by atoms with E-state index in [2.05, 4.69) is 4.90 Å². The van der Waals surface area contributed by atoms with Gasteiger partial charge in [0.05, 0.1) is 18.8 Å². The zero-order valence-corrected chi connectivity index (χ0v) is 16.4. The molecule has 6 nitrogen and oxygen atoms in total. The molecule has 4 saturated carbocycles. The highest BCUT2D eigenvalue weighted by atomic mass is 31.2. The molecular weight excluding hydrogens is 339 g/mol. The molecular formula is C18H31N2O4P. The van der Waals surface area contributed by atoms with Gasteiger partial charge in [-0.25, -0.2) is 0 Å². The number of aliphatic imine (C=N–C) groups is 1. The zero-order valence-electron chi connectivity index (χ0n) is 15.5. The molecule has 1 saturated heterocycles. The molecule has 25 heavy (non-hydrogen) atoms. The van der Waals surface area contributed by atoms with Gasteiger partial charge in [0.25, 0.3) is 0 Å². The van der Waals surface area contributed by atoms with Gasteiger partial charge in [-0.05, 0) is 56.3 Å². The van der Waals surface area contributed by atoms with Crippen LogP contribution in [0.25, 0.3) is 0 Å². The average molecular weight is 370 g/mol. The minimum Gasteiger partial charge on any atom is -0.378 e. The third kappa shape index (κ3) is 3.69. The molecule has 0 atom stereocenters. The van der Waals surface area contributed by atoms with Crippen molar-refractivity contribution in [3.05, 3.63) is 0 Å². The first kappa shape index (κ1) is 18.0. The molecule has 0 amide bonds. The predicted octanol–water partition coefficient (Wildman–Crippen LogP) is 3.17. The molecule has 0 aromatic carbocycles. The lowest BCUT2D eigenvalue weighted by Crippen LogP contribution is -2.51. The number of ether oxygens (including phenoxy) is 1. The summed E-state index contributed by atoms with van der Waals surface area (Å²) in [6.07, 6.45) is 8.08. The Hall–Kier alpha value is -0.420. The number of hydrogen-bond donors (Lipinski definition) is 0. The van der Waals surface area contributed by atoms with Crippen LogP contribution >= 0.6 is 7.60 Å². The zero-order chi connectivity index (χ0) is 17.5. The highest BCUT2D eigenvalue weighted by Gasteiger charge is 2.51. The molecule has 0 unspecified atom stereocenters. The second-order valence-corrected chi connectivity index (χ2v) is 10.7. The number of hydrogen-bond acceptors (Lipinski definition) is 5. The Balaban J connectivity index is 1.62. The van der Waals surface area contributed by atoms with E-state index in [0.717, 1.165) is 36.7 Å². The van der Waals surface area contributed by atoms with E-state index in [1.807, 2.05) is 0 Å². The molecule has 0 radical (unpaired) electrons. The van der Waals surface area contributed by atoms with E-state index in [-0.39, 0.29) is 11.7 Å². The normalized spacial score (nSPS) is 38.4. The summed E-state index contributed by atoms with van der Waals surface area (Å²) >= 11 is 0. The minimum absolute atomic E-state index is 0.0642. The van der Waals surface area contributed by atoms with Crippen LogP contribution in [-0.2, 0) is 18.3 Å². The Morgan fingerprint density at radius 2 is 1.60 bits per heavy atom. The van der Waals surface area contributed by atoms with Gasteiger partial charge in [0.2, 0.25) is 0 Å². The fourth-order valence-corrected chi connectivity index (χ4v) is 6.90. The monoisotopic (exact) mass is 370 g/mol. The van der Waals surface area contributed by atoms with Crippen LogP contribution in [0, 0.1) is 17.8 Å². The van der Waals surface area contributed by atoms with Gasteiger partial charge in [-0.1, -0.05) is 0 Å². The van der Waals surface area contributed by atoms with Crippen LogP contribution in [0.1, 0.15) is 38.5 Å². The first-order valence-corrected chi connectivity index (χ1v) is 11.4. The largest absolute Gasteiger partial charge is 0.378 e. The standard InChI is InChI=1S/C18H31N2O4P/c1-22-25(21,23-2)13-17(20-3-5-24-6-4-20)19-18-10-14-7-15(11-18)9-16(8-14)12-18/h14-16H,3-13H2,1-2H3. The smallest absolute Gasteiger partial charge is 0.337 e. The Morgan fingerprint density at radius 1 is 1.08 bits per heavy atom. The summed E-state index contributed by atoms with van der Waals surface area (Å²) in [7, 11) is -0.198. The lowest BCUT2D eigenvalue weighted by atomic mass is 9.53. The van der Waals surface area contributed by atoms with Crippen molar-refractivity contribution in [3.63, 3.8) is 0 Å². The molecule has 142 valence electrons. The Morgan fingerprint density at radius 3 is 2.08 bits per heavy atom. The Labute approximate surface area is 150 Å². The summed E-state index contributed by atoms with van der Waals surface area (Å²) in [5.74, 6) is 3.45. The van der Waals surface area contributed by atoms with Gasteiger partial charge in [-0.15, -0.1) is 0 Å². The van der Waals surface area contributed by atoms with Crippen molar-refractivity contribution in [2.75, 3.05) is 46.7 Å². The van der Waals surface area contributed by atoms with E-state index in [4.69, 9.17) is 18.8 Å². The van der Waals surface area contributed by atoms with E-state index in [1.165, 1.54) is 52.7 Å². The summed E-state index contributed by atoms with van der Waals surface area (Å²) in [5.41, 5.74) is 0.0642. The molecule has 0 N–H and O–H groups in total. The molecule has 4 bridgehead atoms. The molecule has 1 aliphatic heterocycles. The third-order valence-electron chi connectivity index (χ3n) is 6.64. The van der Waals surface area contributed by atoms with Gasteiger partial charge >= 0.3 is 7.60 Å². The van der Waals surface area contributed by atoms with Crippen molar-refractivity contribution >= 4 is 13.4 Å². The fraction of sp³-hybridized carbons (Fsp3) is 0.944. The number of amidine groups is 1. The molecule has 5 aliphatic rings. The van der Waals surface area contributed by atoms with Crippen LogP contribution in [0.5, 0.6) is 0 Å². The molecule has 4 aliphatic carbocycles. The molecule has 0 aromatic heterocycles. The van der Waals surface area contributed by atoms with Gasteiger partial charge in [0, 0.05) is 27.3 Å². The maximum Gasteiger partial charge on any atom is 0.337 e. The van der Waals surface area contributed by atoms with Gasteiger partial charge in [0.1, 0.15) is 12.0 Å². The molecule has 0 aromatic rings. The lowest BCUT2D eigenvalue weighted by molar-refractivity contribution is 0.000369. The first-order valence-electron chi connectivity index (χ1n) is 9.65. The van der Waals surface area contributed by atoms with Crippen LogP contribution in [0.3, 0.4) is 0 Å². The summed E-state index contributed by atoms with van der Waals surface area (Å²) in [6, 6.07) is 0. The fourth-order valence-electron chi connectivity index (χ4n) is 5.88. The maximum atomic E-state index is 12.8. The number of nitrogens with zero attached hydrogens (tertiary/aromatic N) is 2. The van der Waals surface area contributed by atoms with Crippen molar-refractivity contribution in [2.24, 2.45) is 22.7 Å². The van der Waals surface area contributed by atoms with E-state index in [9.17, 15) is 4.57 Å². The highest BCUT2D eigenvalue weighted by Crippen LogP contribution is 2.57. The summed E-state index contributed by atoms with van der Waals surface area (Å²) in [5, 5.41) is 0. The van der Waals surface area contributed by atoms with Crippen molar-refractivity contribution in [1.29, 1.82) is 0 Å². The second kappa shape index (κ2) is 6.95. The van der Waals surface area contributed by atoms with Gasteiger partial charge < -0.3 is 18.7 Å². The average Bonchev–Trinajstić information content (AvgIpc) is 2.60. The Kier molecular flexibility index (Phi) is 5.00. The molecule has 7 heteroatoms. The van der Waals surface area contributed by atoms with Crippen LogP contribution < -0.4 is 0 Å². The quantitative estimate of drug-likeness (QED) is 0.423. The SMILES string of the molecule is COP(=O)(CC(=NC12CC3CC(CC(C3)C1)C2)N1CCOCC1)OC. The van der Waals surface area contributed by atoms with Crippen LogP contribution in [0.15, 0.2) is 4.99 Å². The highest BCUT2D eigenvalue weighted by molar-refractivity contribution is 7.54. The van der Waals surface area contributed by atoms with Crippen LogP contribution in [-0.4, -0.2) is 63.0 Å². The summed E-state index contributed by atoms with van der Waals surface area (Å²) < 4.78 is 28.8. The second-order valence-electron chi connectivity index (χ2n) is 8.40. The van der Waals surface area contributed by atoms with Gasteiger partial charge in [-0.2, -0.15) is 0 Å². The van der Waals surface area contributed by atoms with E-state index < -0.39 is 7.60 Å². The van der Waals surface area contributed by atoms with Crippen molar-refractivity contribution in [2.45, 2.75) is 44.1 Å². The Bertz CT molecular complexity index is 530. The minimum atomic E-state index is -3.13. The molecule has 1 heterocycles. The van der Waals surface area contributed by atoms with Crippen molar-refractivity contribution < 1.29 is 18.3 Å². The third-order valence-corrected chi connectivity index (χ3v) is 8.42. The van der Waals surface area contributed by atoms with E-state index in [0.29, 0.717) is 13.2 Å². The van der Waals surface area contributed by atoms with Crippen LogP contribution in [0.2, 0.25) is 0 Å². The van der Waals surface area contributed by atoms with E-state index in [1.54, 1.807) is 0 Å². The van der Waals surface area contributed by atoms with Gasteiger partial charge in [-0.3, -0.25) is 9.56 Å². The summed E-state index contributed by atoms with van der Waals surface area (Å²) in [6.45, 7) is 3.01. The molecule has 0 spiro atoms.